The van der Waals surface area contributed by atoms with Gasteiger partial charge < -0.3 is 11.1 Å². The van der Waals surface area contributed by atoms with Gasteiger partial charge in [-0.15, -0.1) is 0 Å². The predicted octanol–water partition coefficient (Wildman–Crippen LogP) is 1.78. The fourth-order valence-electron chi connectivity index (χ4n) is 1.89. The van der Waals surface area contributed by atoms with Crippen LogP contribution in [0, 0.1) is 6.92 Å². The number of carbonyl (C=O) groups is 1. The number of primary amides is 1. The van der Waals surface area contributed by atoms with E-state index in [1.165, 1.54) is 11.1 Å². The van der Waals surface area contributed by atoms with Gasteiger partial charge in [0.2, 0.25) is 5.91 Å². The van der Waals surface area contributed by atoms with Crippen LogP contribution >= 0.6 is 0 Å². The van der Waals surface area contributed by atoms with Crippen molar-refractivity contribution in [2.75, 3.05) is 0 Å². The third kappa shape index (κ3) is 3.63. The van der Waals surface area contributed by atoms with E-state index < -0.39 is 0 Å². The molecule has 0 aliphatic rings. The maximum atomic E-state index is 11.1. The van der Waals surface area contributed by atoms with Crippen LogP contribution in [-0.2, 0) is 13.1 Å². The predicted molar refractivity (Wildman–Crippen MR) is 74.5 cm³/mol. The third-order valence-electron chi connectivity index (χ3n) is 3.02. The first kappa shape index (κ1) is 13.2. The highest BCUT2D eigenvalue weighted by Gasteiger charge is 2.03. The van der Waals surface area contributed by atoms with E-state index in [1.54, 1.807) is 18.5 Å². The summed E-state index contributed by atoms with van der Waals surface area (Å²) in [7, 11) is 0. The van der Waals surface area contributed by atoms with E-state index in [1.807, 2.05) is 31.2 Å². The van der Waals surface area contributed by atoms with Gasteiger partial charge in [0, 0.05) is 31.0 Å². The van der Waals surface area contributed by atoms with Gasteiger partial charge >= 0.3 is 0 Å². The normalized spacial score (nSPS) is 10.4. The lowest BCUT2D eigenvalue weighted by Crippen LogP contribution is -2.15. The fourth-order valence-corrected chi connectivity index (χ4v) is 1.89. The Kier molecular flexibility index (Phi) is 4.26. The van der Waals surface area contributed by atoms with E-state index in [9.17, 15) is 4.79 Å². The van der Waals surface area contributed by atoms with Crippen molar-refractivity contribution in [3.8, 4) is 0 Å². The second-order valence-corrected chi connectivity index (χ2v) is 4.46. The zero-order valence-electron chi connectivity index (χ0n) is 10.9. The minimum absolute atomic E-state index is 0.389. The Balaban J connectivity index is 1.95. The molecule has 4 heteroatoms. The molecule has 3 N–H and O–H groups in total. The van der Waals surface area contributed by atoms with Crippen LogP contribution < -0.4 is 11.1 Å². The minimum Gasteiger partial charge on any atom is -0.366 e. The number of pyridine rings is 1. The third-order valence-corrected chi connectivity index (χ3v) is 3.02. The molecule has 0 unspecified atom stereocenters. The summed E-state index contributed by atoms with van der Waals surface area (Å²) in [5.74, 6) is -0.389. The van der Waals surface area contributed by atoms with Gasteiger partial charge in [-0.1, -0.05) is 6.07 Å². The number of amides is 1. The van der Waals surface area contributed by atoms with Gasteiger partial charge in [-0.2, -0.15) is 0 Å². The van der Waals surface area contributed by atoms with Crippen molar-refractivity contribution >= 4 is 5.91 Å². The van der Waals surface area contributed by atoms with Crippen molar-refractivity contribution < 1.29 is 4.79 Å². The van der Waals surface area contributed by atoms with Gasteiger partial charge in [0.25, 0.3) is 0 Å². The Morgan fingerprint density at radius 2 is 1.95 bits per heavy atom. The highest BCUT2D eigenvalue weighted by Crippen LogP contribution is 2.11. The molecule has 0 bridgehead atoms. The molecule has 4 nitrogen and oxygen atoms in total. The summed E-state index contributed by atoms with van der Waals surface area (Å²) in [5.41, 5.74) is 9.23. The van der Waals surface area contributed by atoms with Crippen molar-refractivity contribution in [2.24, 2.45) is 5.73 Å². The van der Waals surface area contributed by atoms with Crippen LogP contribution in [0.3, 0.4) is 0 Å². The summed E-state index contributed by atoms with van der Waals surface area (Å²) in [4.78, 5) is 15.0. The van der Waals surface area contributed by atoms with Gasteiger partial charge in [0.15, 0.2) is 0 Å². The number of benzene rings is 1. The molecule has 0 aliphatic heterocycles. The highest BCUT2D eigenvalue weighted by atomic mass is 16.1. The van der Waals surface area contributed by atoms with Crippen LogP contribution in [0.4, 0.5) is 0 Å². The summed E-state index contributed by atoms with van der Waals surface area (Å²) in [6, 6.07) is 9.49. The number of carbonyl (C=O) groups excluding carboxylic acids is 1. The monoisotopic (exact) mass is 255 g/mol. The largest absolute Gasteiger partial charge is 0.366 e. The Morgan fingerprint density at radius 3 is 2.58 bits per heavy atom. The first-order valence-corrected chi connectivity index (χ1v) is 6.16. The molecule has 19 heavy (non-hydrogen) atoms. The number of hydrogen-bond acceptors (Lipinski definition) is 3. The molecule has 1 amide bonds. The quantitative estimate of drug-likeness (QED) is 0.855. The summed E-state index contributed by atoms with van der Waals surface area (Å²) in [5, 5.41) is 3.36. The summed E-state index contributed by atoms with van der Waals surface area (Å²) in [6.45, 7) is 3.53. The first-order chi connectivity index (χ1) is 9.16. The molecule has 0 saturated heterocycles. The smallest absolute Gasteiger partial charge is 0.248 e. The highest BCUT2D eigenvalue weighted by molar-refractivity contribution is 5.93. The Morgan fingerprint density at radius 1 is 1.21 bits per heavy atom. The Labute approximate surface area is 112 Å². The second-order valence-electron chi connectivity index (χ2n) is 4.46. The molecule has 0 aliphatic carbocycles. The molecule has 0 atom stereocenters. The van der Waals surface area contributed by atoms with Crippen molar-refractivity contribution in [1.82, 2.24) is 10.3 Å². The van der Waals surface area contributed by atoms with Crippen LogP contribution in [-0.4, -0.2) is 10.9 Å². The molecule has 0 saturated carbocycles. The lowest BCUT2D eigenvalue weighted by atomic mass is 10.0. The average Bonchev–Trinajstić information content (AvgIpc) is 2.41. The van der Waals surface area contributed by atoms with Gasteiger partial charge in [-0.25, -0.2) is 0 Å². The fraction of sp³-hybridized carbons (Fsp3) is 0.200. The zero-order chi connectivity index (χ0) is 13.7. The zero-order valence-corrected chi connectivity index (χ0v) is 10.9. The number of rotatable bonds is 5. The number of nitrogens with one attached hydrogen (secondary N) is 1. The Bertz CT molecular complexity index is 567. The molecule has 2 aromatic rings. The molecule has 0 spiro atoms. The molecule has 98 valence electrons. The first-order valence-electron chi connectivity index (χ1n) is 6.16. The van der Waals surface area contributed by atoms with Crippen molar-refractivity contribution in [3.63, 3.8) is 0 Å². The topological polar surface area (TPSA) is 68.0 Å². The molecule has 1 aromatic carbocycles. The van der Waals surface area contributed by atoms with E-state index in [-0.39, 0.29) is 5.91 Å². The number of nitrogens with two attached hydrogens (primary N) is 1. The molecule has 1 aromatic heterocycles. The lowest BCUT2D eigenvalue weighted by Gasteiger charge is -2.09. The summed E-state index contributed by atoms with van der Waals surface area (Å²) < 4.78 is 0. The van der Waals surface area contributed by atoms with E-state index in [2.05, 4.69) is 10.3 Å². The maximum absolute atomic E-state index is 11.1. The van der Waals surface area contributed by atoms with Gasteiger partial charge in [-0.3, -0.25) is 9.78 Å². The van der Waals surface area contributed by atoms with E-state index >= 15 is 0 Å². The average molecular weight is 255 g/mol. The van der Waals surface area contributed by atoms with Gasteiger partial charge in [0.1, 0.15) is 0 Å². The number of aromatic nitrogens is 1. The number of aryl methyl sites for hydroxylation is 1. The number of nitrogens with zero attached hydrogens (tertiary/aromatic N) is 1. The lowest BCUT2D eigenvalue weighted by molar-refractivity contribution is 0.1000. The SMILES string of the molecule is Cc1cc(C(N)=O)ccc1CNCc1ccncc1. The van der Waals surface area contributed by atoms with Gasteiger partial charge in [0.05, 0.1) is 0 Å². The van der Waals surface area contributed by atoms with Crippen LogP contribution in [0.25, 0.3) is 0 Å². The molecule has 2 rings (SSSR count). The minimum atomic E-state index is -0.389. The van der Waals surface area contributed by atoms with E-state index in [0.29, 0.717) is 5.56 Å². The van der Waals surface area contributed by atoms with Crippen molar-refractivity contribution in [3.05, 3.63) is 65.0 Å². The van der Waals surface area contributed by atoms with Crippen LogP contribution in [0.5, 0.6) is 0 Å². The van der Waals surface area contributed by atoms with Crippen LogP contribution in [0.2, 0.25) is 0 Å². The molecule has 0 fully saturated rings. The van der Waals surface area contributed by atoms with Crippen molar-refractivity contribution in [2.45, 2.75) is 20.0 Å². The van der Waals surface area contributed by atoms with E-state index in [4.69, 9.17) is 5.73 Å². The van der Waals surface area contributed by atoms with Crippen LogP contribution in [0.1, 0.15) is 27.0 Å². The number of hydrogen-bond donors (Lipinski definition) is 2. The summed E-state index contributed by atoms with van der Waals surface area (Å²) in [6.07, 6.45) is 3.56. The summed E-state index contributed by atoms with van der Waals surface area (Å²) >= 11 is 0. The molecule has 0 radical (unpaired) electrons. The molecule has 1 heterocycles. The van der Waals surface area contributed by atoms with E-state index in [0.717, 1.165) is 18.7 Å². The molecular formula is C15H17N3O. The second kappa shape index (κ2) is 6.11. The van der Waals surface area contributed by atoms with Crippen molar-refractivity contribution in [1.29, 1.82) is 0 Å². The molecular weight excluding hydrogens is 238 g/mol. The Hall–Kier alpha value is -2.20. The van der Waals surface area contributed by atoms with Gasteiger partial charge in [-0.05, 0) is 47.9 Å². The maximum Gasteiger partial charge on any atom is 0.248 e. The van der Waals surface area contributed by atoms with Crippen LogP contribution in [0.15, 0.2) is 42.7 Å². The standard InChI is InChI=1S/C15H17N3O/c1-11-8-13(15(16)19)2-3-14(11)10-18-9-12-4-6-17-7-5-12/h2-8,18H,9-10H2,1H3,(H2,16,19).